The van der Waals surface area contributed by atoms with Gasteiger partial charge in [-0.1, -0.05) is 0 Å². The quantitative estimate of drug-likeness (QED) is 0.560. The summed E-state index contributed by atoms with van der Waals surface area (Å²) >= 11 is 0. The molecule has 0 bridgehead atoms. The van der Waals surface area contributed by atoms with Gasteiger partial charge in [-0.3, -0.25) is 4.79 Å². The van der Waals surface area contributed by atoms with Gasteiger partial charge >= 0.3 is 0 Å². The molecule has 0 heterocycles. The molecule has 0 unspecified atom stereocenters. The molecule has 2 rings (SSSR count). The van der Waals surface area contributed by atoms with E-state index in [0.29, 0.717) is 11.7 Å². The van der Waals surface area contributed by atoms with Crippen molar-refractivity contribution in [2.45, 2.75) is 32.1 Å². The topological polar surface area (TPSA) is 17.1 Å². The summed E-state index contributed by atoms with van der Waals surface area (Å²) < 4.78 is 0. The minimum Gasteiger partial charge on any atom is -0.299 e. The second-order valence-electron chi connectivity index (χ2n) is 3.39. The molecule has 2 aliphatic rings. The van der Waals surface area contributed by atoms with E-state index < -0.39 is 0 Å². The van der Waals surface area contributed by atoms with Crippen molar-refractivity contribution in [3.63, 3.8) is 0 Å². The first-order valence-corrected chi connectivity index (χ1v) is 3.89. The molecule has 0 aromatic rings. The Bertz CT molecular complexity index is 132. The van der Waals surface area contributed by atoms with Gasteiger partial charge in [-0.05, 0) is 31.6 Å². The van der Waals surface area contributed by atoms with E-state index in [1.54, 1.807) is 0 Å². The fourth-order valence-electron chi connectivity index (χ4n) is 1.18. The molecule has 1 heteroatoms. The lowest BCUT2D eigenvalue weighted by molar-refractivity contribution is -0.120. The van der Waals surface area contributed by atoms with Gasteiger partial charge in [0.15, 0.2) is 0 Å². The van der Waals surface area contributed by atoms with Crippen LogP contribution in [0.2, 0.25) is 0 Å². The number of ketones is 1. The van der Waals surface area contributed by atoms with Crippen molar-refractivity contribution in [1.29, 1.82) is 0 Å². The molecular formula is C8H12O. The molecule has 9 heavy (non-hydrogen) atoms. The van der Waals surface area contributed by atoms with Gasteiger partial charge in [0.1, 0.15) is 5.78 Å². The minimum atomic E-state index is 0.505. The SMILES string of the molecule is O=C(CC1CC1)C1CC1. The van der Waals surface area contributed by atoms with Gasteiger partial charge in [0.05, 0.1) is 0 Å². The van der Waals surface area contributed by atoms with Crippen molar-refractivity contribution in [1.82, 2.24) is 0 Å². The van der Waals surface area contributed by atoms with Crippen molar-refractivity contribution in [3.8, 4) is 0 Å². The lowest BCUT2D eigenvalue weighted by Crippen LogP contribution is -2.00. The highest BCUT2D eigenvalue weighted by Gasteiger charge is 2.33. The first-order valence-electron chi connectivity index (χ1n) is 3.89. The van der Waals surface area contributed by atoms with Crippen LogP contribution in [-0.4, -0.2) is 5.78 Å². The van der Waals surface area contributed by atoms with E-state index in [2.05, 4.69) is 0 Å². The average Bonchev–Trinajstić information content (AvgIpc) is 2.62. The largest absolute Gasteiger partial charge is 0.299 e. The maximum atomic E-state index is 11.1. The second kappa shape index (κ2) is 1.83. The molecule has 0 aromatic carbocycles. The van der Waals surface area contributed by atoms with Crippen molar-refractivity contribution < 1.29 is 4.79 Å². The van der Waals surface area contributed by atoms with Gasteiger partial charge in [-0.15, -0.1) is 0 Å². The highest BCUT2D eigenvalue weighted by molar-refractivity contribution is 5.83. The summed E-state index contributed by atoms with van der Waals surface area (Å²) in [5.41, 5.74) is 0. The summed E-state index contributed by atoms with van der Waals surface area (Å²) in [6.45, 7) is 0. The van der Waals surface area contributed by atoms with Crippen LogP contribution in [0.1, 0.15) is 32.1 Å². The molecule has 0 spiro atoms. The molecule has 0 N–H and O–H groups in total. The molecule has 0 radical (unpaired) electrons. The normalized spacial score (nSPS) is 26.2. The van der Waals surface area contributed by atoms with E-state index in [9.17, 15) is 4.79 Å². The highest BCUT2D eigenvalue weighted by atomic mass is 16.1. The Morgan fingerprint density at radius 3 is 2.33 bits per heavy atom. The van der Waals surface area contributed by atoms with Crippen LogP contribution >= 0.6 is 0 Å². The summed E-state index contributed by atoms with van der Waals surface area (Å²) in [7, 11) is 0. The molecule has 2 fully saturated rings. The number of rotatable bonds is 3. The van der Waals surface area contributed by atoms with Crippen molar-refractivity contribution in [3.05, 3.63) is 0 Å². The maximum absolute atomic E-state index is 11.1. The zero-order chi connectivity index (χ0) is 6.27. The Kier molecular flexibility index (Phi) is 1.11. The third kappa shape index (κ3) is 1.32. The number of carbonyl (C=O) groups excluding carboxylic acids is 1. The van der Waals surface area contributed by atoms with Crippen molar-refractivity contribution in [2.75, 3.05) is 0 Å². The van der Waals surface area contributed by atoms with Crippen LogP contribution in [0.15, 0.2) is 0 Å². The molecule has 50 valence electrons. The van der Waals surface area contributed by atoms with Gasteiger partial charge < -0.3 is 0 Å². The van der Waals surface area contributed by atoms with Gasteiger partial charge in [0, 0.05) is 12.3 Å². The summed E-state index contributed by atoms with van der Waals surface area (Å²) in [5.74, 6) is 1.86. The molecule has 0 atom stereocenters. The molecule has 0 amide bonds. The van der Waals surface area contributed by atoms with Crippen LogP contribution in [0.4, 0.5) is 0 Å². The van der Waals surface area contributed by atoms with Crippen molar-refractivity contribution in [2.24, 2.45) is 11.8 Å². The Morgan fingerprint density at radius 1 is 1.22 bits per heavy atom. The van der Waals surface area contributed by atoms with E-state index in [-0.39, 0.29) is 0 Å². The lowest BCUT2D eigenvalue weighted by Gasteiger charge is -1.91. The zero-order valence-corrected chi connectivity index (χ0v) is 5.60. The predicted octanol–water partition coefficient (Wildman–Crippen LogP) is 1.77. The summed E-state index contributed by atoms with van der Waals surface area (Å²) in [6.07, 6.45) is 5.92. The molecule has 1 nitrogen and oxygen atoms in total. The lowest BCUT2D eigenvalue weighted by atomic mass is 10.1. The van der Waals surface area contributed by atoms with E-state index in [0.717, 1.165) is 12.3 Å². The van der Waals surface area contributed by atoms with Crippen molar-refractivity contribution >= 4 is 5.78 Å². The van der Waals surface area contributed by atoms with E-state index in [1.165, 1.54) is 25.7 Å². The standard InChI is InChI=1S/C8H12O/c9-8(7-3-4-7)5-6-1-2-6/h6-7H,1-5H2. The predicted molar refractivity (Wildman–Crippen MR) is 35.1 cm³/mol. The monoisotopic (exact) mass is 124 g/mol. The summed E-state index contributed by atoms with van der Waals surface area (Å²) in [6, 6.07) is 0. The maximum Gasteiger partial charge on any atom is 0.136 e. The van der Waals surface area contributed by atoms with E-state index in [4.69, 9.17) is 0 Å². The number of Topliss-reactive ketones (excluding diaryl/α,β-unsaturated/α-hetero) is 1. The molecular weight excluding hydrogens is 112 g/mol. The number of carbonyl (C=O) groups is 1. The van der Waals surface area contributed by atoms with Crippen LogP contribution in [0, 0.1) is 11.8 Å². The van der Waals surface area contributed by atoms with Gasteiger partial charge in [0.2, 0.25) is 0 Å². The van der Waals surface area contributed by atoms with Crippen LogP contribution < -0.4 is 0 Å². The third-order valence-electron chi connectivity index (χ3n) is 2.22. The summed E-state index contributed by atoms with van der Waals surface area (Å²) in [4.78, 5) is 11.1. The fourth-order valence-corrected chi connectivity index (χ4v) is 1.18. The van der Waals surface area contributed by atoms with Gasteiger partial charge in [0.25, 0.3) is 0 Å². The molecule has 0 aromatic heterocycles. The zero-order valence-electron chi connectivity index (χ0n) is 5.60. The molecule has 2 saturated carbocycles. The van der Waals surface area contributed by atoms with E-state index >= 15 is 0 Å². The highest BCUT2D eigenvalue weighted by Crippen LogP contribution is 2.38. The van der Waals surface area contributed by atoms with Crippen LogP contribution in [0.25, 0.3) is 0 Å². The first-order chi connectivity index (χ1) is 4.36. The summed E-state index contributed by atoms with van der Waals surface area (Å²) in [5, 5.41) is 0. The Balaban J connectivity index is 1.75. The number of hydrogen-bond acceptors (Lipinski definition) is 1. The second-order valence-corrected chi connectivity index (χ2v) is 3.39. The average molecular weight is 124 g/mol. The fraction of sp³-hybridized carbons (Fsp3) is 0.875. The molecule has 2 aliphatic carbocycles. The third-order valence-corrected chi connectivity index (χ3v) is 2.22. The smallest absolute Gasteiger partial charge is 0.136 e. The molecule has 0 saturated heterocycles. The Hall–Kier alpha value is -0.330. The Labute approximate surface area is 55.4 Å². The van der Waals surface area contributed by atoms with Gasteiger partial charge in [-0.2, -0.15) is 0 Å². The van der Waals surface area contributed by atoms with Crippen LogP contribution in [0.3, 0.4) is 0 Å². The van der Waals surface area contributed by atoms with Gasteiger partial charge in [-0.25, -0.2) is 0 Å². The first kappa shape index (κ1) is 5.45. The molecule has 0 aliphatic heterocycles. The van der Waals surface area contributed by atoms with E-state index in [1.807, 2.05) is 0 Å². The van der Waals surface area contributed by atoms with Crippen LogP contribution in [-0.2, 0) is 4.79 Å². The minimum absolute atomic E-state index is 0.505. The Morgan fingerprint density at radius 2 is 1.89 bits per heavy atom. The van der Waals surface area contributed by atoms with Crippen LogP contribution in [0.5, 0.6) is 0 Å². The number of hydrogen-bond donors (Lipinski definition) is 0.